The SMILES string of the molecule is [Cl-].[Cl-].[F-].[F-].[F-].[Sb+3]. The minimum absolute atomic E-state index is 0. The van der Waals surface area contributed by atoms with Gasteiger partial charge < -0.3 is 38.9 Å². The summed E-state index contributed by atoms with van der Waals surface area (Å²) >= 11 is 0. The maximum Gasteiger partial charge on any atom is 3.00 e. The Hall–Kier alpha value is 1.19. The Morgan fingerprint density at radius 3 is 0.500 bits per heavy atom. The normalized spacial score (nSPS) is 0. The molecule has 0 spiro atoms. The van der Waals surface area contributed by atoms with Crippen molar-refractivity contribution in [2.45, 2.75) is 0 Å². The number of hydrogen-bond acceptors (Lipinski definition) is 0. The van der Waals surface area contributed by atoms with E-state index in [1.165, 1.54) is 0 Å². The van der Waals surface area contributed by atoms with Crippen LogP contribution in [0.25, 0.3) is 0 Å². The van der Waals surface area contributed by atoms with Crippen LogP contribution in [0.2, 0.25) is 0 Å². The molecule has 0 nitrogen and oxygen atoms in total. The quantitative estimate of drug-likeness (QED) is 0.374. The van der Waals surface area contributed by atoms with E-state index in [1.807, 2.05) is 0 Å². The first kappa shape index (κ1) is 195. The Balaban J connectivity index is 0. The second-order valence-electron chi connectivity index (χ2n) is 0. The van der Waals surface area contributed by atoms with E-state index in [0.717, 1.165) is 0 Å². The molecule has 0 aromatic rings. The summed E-state index contributed by atoms with van der Waals surface area (Å²) in [7, 11) is 0. The fourth-order valence-corrected chi connectivity index (χ4v) is 0. The zero-order chi connectivity index (χ0) is 0. The van der Waals surface area contributed by atoms with Gasteiger partial charge in [-0.25, -0.2) is 0 Å². The zero-order valence-corrected chi connectivity index (χ0v) is 6.40. The van der Waals surface area contributed by atoms with Crippen LogP contribution in [-0.4, -0.2) is 24.4 Å². The van der Waals surface area contributed by atoms with E-state index in [1.54, 1.807) is 0 Å². The minimum Gasteiger partial charge on any atom is -1.00 e. The molecule has 0 aromatic heterocycles. The summed E-state index contributed by atoms with van der Waals surface area (Å²) in [4.78, 5) is 0. The summed E-state index contributed by atoms with van der Waals surface area (Å²) < 4.78 is 0. The van der Waals surface area contributed by atoms with Gasteiger partial charge in [-0.3, -0.25) is 0 Å². The molecule has 0 amide bonds. The summed E-state index contributed by atoms with van der Waals surface area (Å²) in [5.41, 5.74) is 0. The largest absolute Gasteiger partial charge is 3.00 e. The molecule has 0 atom stereocenters. The summed E-state index contributed by atoms with van der Waals surface area (Å²) in [6, 6.07) is 0. The monoisotopic (exact) mass is 248 g/mol. The Morgan fingerprint density at radius 2 is 0.500 bits per heavy atom. The van der Waals surface area contributed by atoms with E-state index < -0.39 is 0 Å². The Bertz CT molecular complexity index is 8.75. The smallest absolute Gasteiger partial charge is 1.00 e. The molecule has 0 aliphatic rings. The molecule has 0 saturated carbocycles. The van der Waals surface area contributed by atoms with Crippen molar-refractivity contribution in [2.75, 3.05) is 0 Å². The molecular weight excluding hydrogens is 250 g/mol. The van der Waals surface area contributed by atoms with Gasteiger partial charge in [0.2, 0.25) is 0 Å². The van der Waals surface area contributed by atoms with Crippen LogP contribution in [-0.2, 0) is 0 Å². The van der Waals surface area contributed by atoms with Crippen LogP contribution in [0.4, 0.5) is 0 Å². The van der Waals surface area contributed by atoms with Crippen molar-refractivity contribution >= 4 is 24.4 Å². The van der Waals surface area contributed by atoms with Gasteiger partial charge in [0, 0.05) is 0 Å². The van der Waals surface area contributed by atoms with Crippen LogP contribution in [0.1, 0.15) is 0 Å². The molecule has 6 heteroatoms. The first-order valence-corrected chi connectivity index (χ1v) is 0. The molecule has 0 bridgehead atoms. The van der Waals surface area contributed by atoms with Crippen LogP contribution in [0, 0.1) is 0 Å². The maximum absolute atomic E-state index is 0. The first-order chi connectivity index (χ1) is 0. The zero-order valence-electron chi connectivity index (χ0n) is 2.34. The molecule has 0 aromatic carbocycles. The van der Waals surface area contributed by atoms with E-state index >= 15 is 0 Å². The average Bonchev–Trinajstić information content (AvgIpc) is 0. The Labute approximate surface area is 63.4 Å². The van der Waals surface area contributed by atoms with Crippen LogP contribution < -0.4 is 38.9 Å². The molecule has 0 rings (SSSR count). The molecular formula is Cl2F3Sb-2. The second-order valence-corrected chi connectivity index (χ2v) is 0. The minimum atomic E-state index is 0. The number of halogens is 5. The third-order valence-corrected chi connectivity index (χ3v) is 0. The van der Waals surface area contributed by atoms with Crippen molar-refractivity contribution in [1.29, 1.82) is 0 Å². The van der Waals surface area contributed by atoms with Crippen LogP contribution in [0.3, 0.4) is 0 Å². The van der Waals surface area contributed by atoms with E-state index in [9.17, 15) is 0 Å². The molecule has 0 heterocycles. The van der Waals surface area contributed by atoms with E-state index in [2.05, 4.69) is 0 Å². The molecule has 0 aliphatic heterocycles. The van der Waals surface area contributed by atoms with Crippen LogP contribution in [0.15, 0.2) is 0 Å². The van der Waals surface area contributed by atoms with Crippen molar-refractivity contribution < 1.29 is 38.9 Å². The van der Waals surface area contributed by atoms with Gasteiger partial charge in [0.1, 0.15) is 0 Å². The maximum atomic E-state index is 0. The van der Waals surface area contributed by atoms with Gasteiger partial charge in [-0.15, -0.1) is 0 Å². The summed E-state index contributed by atoms with van der Waals surface area (Å²) in [6.45, 7) is 0. The van der Waals surface area contributed by atoms with Gasteiger partial charge in [-0.05, 0) is 0 Å². The van der Waals surface area contributed by atoms with E-state index in [4.69, 9.17) is 0 Å². The van der Waals surface area contributed by atoms with E-state index in [-0.39, 0.29) is 63.4 Å². The van der Waals surface area contributed by atoms with Gasteiger partial charge in [-0.1, -0.05) is 0 Å². The average molecular weight is 250 g/mol. The Kier molecular flexibility index (Phi) is 3830. The molecule has 6 heavy (non-hydrogen) atoms. The Morgan fingerprint density at radius 1 is 0.500 bits per heavy atom. The fraction of sp³-hybridized carbons (Fsp3) is 0. The number of rotatable bonds is 0. The topological polar surface area (TPSA) is 0 Å². The molecule has 42 valence electrons. The van der Waals surface area contributed by atoms with Gasteiger partial charge in [0.15, 0.2) is 0 Å². The van der Waals surface area contributed by atoms with Gasteiger partial charge in [-0.2, -0.15) is 0 Å². The van der Waals surface area contributed by atoms with Gasteiger partial charge in [0.25, 0.3) is 0 Å². The predicted octanol–water partition coefficient (Wildman–Crippen LogP) is -15.4. The summed E-state index contributed by atoms with van der Waals surface area (Å²) in [5.74, 6) is 0. The van der Waals surface area contributed by atoms with Crippen LogP contribution >= 0.6 is 0 Å². The van der Waals surface area contributed by atoms with Crippen LogP contribution in [0.5, 0.6) is 0 Å². The van der Waals surface area contributed by atoms with Gasteiger partial charge in [0.05, 0.1) is 0 Å². The molecule has 0 N–H and O–H groups in total. The van der Waals surface area contributed by atoms with Crippen molar-refractivity contribution in [2.24, 2.45) is 0 Å². The summed E-state index contributed by atoms with van der Waals surface area (Å²) in [5, 5.41) is 0. The molecule has 0 fully saturated rings. The van der Waals surface area contributed by atoms with Crippen molar-refractivity contribution in [3.05, 3.63) is 0 Å². The molecule has 0 saturated heterocycles. The predicted molar refractivity (Wildman–Crippen MR) is 5.75 cm³/mol. The first-order valence-electron chi connectivity index (χ1n) is 0. The van der Waals surface area contributed by atoms with Gasteiger partial charge >= 0.3 is 24.4 Å². The molecule has 0 aliphatic carbocycles. The third-order valence-electron chi connectivity index (χ3n) is 0. The number of hydrogen-bond donors (Lipinski definition) is 0. The molecule has 0 unspecified atom stereocenters. The fourth-order valence-electron chi connectivity index (χ4n) is 0. The second kappa shape index (κ2) is 118. The molecule has 2 radical (unpaired) electrons. The summed E-state index contributed by atoms with van der Waals surface area (Å²) in [6.07, 6.45) is 0. The van der Waals surface area contributed by atoms with E-state index in [0.29, 0.717) is 0 Å². The van der Waals surface area contributed by atoms with Crippen molar-refractivity contribution in [3.63, 3.8) is 0 Å². The van der Waals surface area contributed by atoms with Crippen molar-refractivity contribution in [3.8, 4) is 0 Å². The standard InChI is InChI=1S/2ClH.3FH.Sb/h5*1H;/q;;;;;+3/p-5. The third kappa shape index (κ3) is 64.5. The van der Waals surface area contributed by atoms with Crippen molar-refractivity contribution in [1.82, 2.24) is 0 Å².